The molecule has 0 aliphatic rings. The van der Waals surface area contributed by atoms with E-state index in [1.807, 2.05) is 24.3 Å². The number of para-hydroxylation sites is 2. The van der Waals surface area contributed by atoms with E-state index in [9.17, 15) is 13.2 Å². The third-order valence-corrected chi connectivity index (χ3v) is 5.54. The SMILES string of the molecule is CC(C)c1ccccc1OCCNC(=O)[C@H](C)N(c1ccccc1)S(C)(=O)=O. The van der Waals surface area contributed by atoms with Crippen molar-refractivity contribution in [1.29, 1.82) is 0 Å². The summed E-state index contributed by atoms with van der Waals surface area (Å²) in [6, 6.07) is 15.5. The number of carbonyl (C=O) groups is 1. The van der Waals surface area contributed by atoms with Gasteiger partial charge in [0.25, 0.3) is 0 Å². The van der Waals surface area contributed by atoms with E-state index >= 15 is 0 Å². The summed E-state index contributed by atoms with van der Waals surface area (Å²) in [5.41, 5.74) is 1.56. The fourth-order valence-corrected chi connectivity index (χ4v) is 4.13. The van der Waals surface area contributed by atoms with Crippen LogP contribution in [0.15, 0.2) is 54.6 Å². The Morgan fingerprint density at radius 2 is 1.64 bits per heavy atom. The normalized spacial score (nSPS) is 12.5. The van der Waals surface area contributed by atoms with Gasteiger partial charge in [0, 0.05) is 0 Å². The Morgan fingerprint density at radius 3 is 2.25 bits per heavy atom. The minimum Gasteiger partial charge on any atom is -0.491 e. The number of hydrogen-bond acceptors (Lipinski definition) is 4. The largest absolute Gasteiger partial charge is 0.491 e. The number of nitrogens with one attached hydrogen (secondary N) is 1. The standard InChI is InChI=1S/C21H28N2O4S/c1-16(2)19-12-8-9-13-20(19)27-15-14-22-21(24)17(3)23(28(4,25)26)18-10-6-5-7-11-18/h5-13,16-17H,14-15H2,1-4H3,(H,22,24)/t17-/m0/s1. The molecule has 2 rings (SSSR count). The highest BCUT2D eigenvalue weighted by atomic mass is 32.2. The summed E-state index contributed by atoms with van der Waals surface area (Å²) in [5.74, 6) is 0.747. The molecule has 1 N–H and O–H groups in total. The predicted octanol–water partition coefficient (Wildman–Crippen LogP) is 3.16. The maximum Gasteiger partial charge on any atom is 0.243 e. The molecule has 152 valence electrons. The Bertz CT molecular complexity index is 882. The van der Waals surface area contributed by atoms with E-state index in [1.165, 1.54) is 0 Å². The number of amides is 1. The van der Waals surface area contributed by atoms with Crippen LogP contribution in [0.4, 0.5) is 5.69 Å². The molecule has 2 aromatic carbocycles. The zero-order valence-electron chi connectivity index (χ0n) is 16.8. The highest BCUT2D eigenvalue weighted by molar-refractivity contribution is 7.92. The Kier molecular flexibility index (Phi) is 7.45. The lowest BCUT2D eigenvalue weighted by molar-refractivity contribution is -0.121. The predicted molar refractivity (Wildman–Crippen MR) is 112 cm³/mol. The Balaban J connectivity index is 1.97. The lowest BCUT2D eigenvalue weighted by Crippen LogP contribution is -2.48. The molecule has 2 aromatic rings. The quantitative estimate of drug-likeness (QED) is 0.652. The summed E-state index contributed by atoms with van der Waals surface area (Å²) < 4.78 is 31.3. The molecule has 0 aromatic heterocycles. The van der Waals surface area contributed by atoms with Crippen LogP contribution < -0.4 is 14.4 Å². The van der Waals surface area contributed by atoms with Crippen molar-refractivity contribution in [2.75, 3.05) is 23.7 Å². The Morgan fingerprint density at radius 1 is 1.04 bits per heavy atom. The lowest BCUT2D eigenvalue weighted by atomic mass is 10.0. The number of ether oxygens (including phenoxy) is 1. The zero-order chi connectivity index (χ0) is 20.7. The average molecular weight is 405 g/mol. The van der Waals surface area contributed by atoms with Crippen LogP contribution >= 0.6 is 0 Å². The van der Waals surface area contributed by atoms with Crippen molar-refractivity contribution in [1.82, 2.24) is 5.32 Å². The fraction of sp³-hybridized carbons (Fsp3) is 0.381. The second-order valence-corrected chi connectivity index (χ2v) is 8.76. The van der Waals surface area contributed by atoms with Gasteiger partial charge in [-0.15, -0.1) is 0 Å². The monoisotopic (exact) mass is 404 g/mol. The van der Waals surface area contributed by atoms with Crippen LogP contribution in [-0.2, 0) is 14.8 Å². The van der Waals surface area contributed by atoms with Gasteiger partial charge in [0.2, 0.25) is 15.9 Å². The maximum absolute atomic E-state index is 12.5. The molecule has 28 heavy (non-hydrogen) atoms. The summed E-state index contributed by atoms with van der Waals surface area (Å²) in [4.78, 5) is 12.5. The van der Waals surface area contributed by atoms with Crippen LogP contribution in [0, 0.1) is 0 Å². The molecule has 0 radical (unpaired) electrons. The summed E-state index contributed by atoms with van der Waals surface area (Å²) in [6.07, 6.45) is 1.09. The van der Waals surface area contributed by atoms with Gasteiger partial charge in [-0.3, -0.25) is 9.10 Å². The number of sulfonamides is 1. The van der Waals surface area contributed by atoms with Gasteiger partial charge in [-0.05, 0) is 36.6 Å². The molecular formula is C21H28N2O4S. The minimum atomic E-state index is -3.61. The molecule has 0 bridgehead atoms. The zero-order valence-corrected chi connectivity index (χ0v) is 17.6. The van der Waals surface area contributed by atoms with E-state index in [-0.39, 0.29) is 12.5 Å². The van der Waals surface area contributed by atoms with Crippen molar-refractivity contribution < 1.29 is 17.9 Å². The molecule has 0 aliphatic carbocycles. The first kappa shape index (κ1) is 21.8. The number of nitrogens with zero attached hydrogens (tertiary/aromatic N) is 1. The molecule has 0 saturated heterocycles. The van der Waals surface area contributed by atoms with Crippen LogP contribution in [0.1, 0.15) is 32.3 Å². The first-order valence-electron chi connectivity index (χ1n) is 9.25. The second kappa shape index (κ2) is 9.59. The molecular weight excluding hydrogens is 376 g/mol. The van der Waals surface area contributed by atoms with Crippen LogP contribution in [0.5, 0.6) is 5.75 Å². The molecule has 0 saturated carbocycles. The molecule has 0 spiro atoms. The smallest absolute Gasteiger partial charge is 0.243 e. The van der Waals surface area contributed by atoms with E-state index in [0.717, 1.165) is 21.9 Å². The molecule has 1 atom stereocenters. The van der Waals surface area contributed by atoms with Crippen LogP contribution in [0.3, 0.4) is 0 Å². The average Bonchev–Trinajstić information content (AvgIpc) is 2.65. The molecule has 0 aliphatic heterocycles. The van der Waals surface area contributed by atoms with E-state index in [4.69, 9.17) is 4.74 Å². The Hall–Kier alpha value is -2.54. The van der Waals surface area contributed by atoms with Gasteiger partial charge in [-0.2, -0.15) is 0 Å². The van der Waals surface area contributed by atoms with E-state index < -0.39 is 16.1 Å². The third kappa shape index (κ3) is 5.73. The molecule has 6 nitrogen and oxygen atoms in total. The van der Waals surface area contributed by atoms with Gasteiger partial charge in [0.1, 0.15) is 18.4 Å². The summed E-state index contributed by atoms with van der Waals surface area (Å²) >= 11 is 0. The number of carbonyl (C=O) groups excluding carboxylic acids is 1. The minimum absolute atomic E-state index is 0.280. The topological polar surface area (TPSA) is 75.7 Å². The van der Waals surface area contributed by atoms with Crippen LogP contribution in [-0.4, -0.2) is 39.8 Å². The van der Waals surface area contributed by atoms with Crippen LogP contribution in [0.25, 0.3) is 0 Å². The molecule has 0 fully saturated rings. The summed E-state index contributed by atoms with van der Waals surface area (Å²) in [7, 11) is -3.61. The van der Waals surface area contributed by atoms with Gasteiger partial charge in [0.15, 0.2) is 0 Å². The first-order valence-corrected chi connectivity index (χ1v) is 11.1. The highest BCUT2D eigenvalue weighted by Gasteiger charge is 2.28. The van der Waals surface area contributed by atoms with Crippen molar-refractivity contribution in [3.05, 3.63) is 60.2 Å². The van der Waals surface area contributed by atoms with Crippen molar-refractivity contribution in [3.8, 4) is 5.75 Å². The van der Waals surface area contributed by atoms with Gasteiger partial charge in [-0.25, -0.2) is 8.42 Å². The van der Waals surface area contributed by atoms with Crippen molar-refractivity contribution in [2.24, 2.45) is 0 Å². The van der Waals surface area contributed by atoms with E-state index in [0.29, 0.717) is 18.2 Å². The molecule has 0 unspecified atom stereocenters. The van der Waals surface area contributed by atoms with E-state index in [1.54, 1.807) is 37.3 Å². The van der Waals surface area contributed by atoms with Gasteiger partial charge >= 0.3 is 0 Å². The van der Waals surface area contributed by atoms with Crippen LogP contribution in [0.2, 0.25) is 0 Å². The second-order valence-electron chi connectivity index (χ2n) is 6.90. The van der Waals surface area contributed by atoms with Gasteiger partial charge in [0.05, 0.1) is 18.5 Å². The number of rotatable bonds is 9. The summed E-state index contributed by atoms with van der Waals surface area (Å²) in [6.45, 7) is 6.33. The fourth-order valence-electron chi connectivity index (χ4n) is 2.96. The first-order chi connectivity index (χ1) is 13.2. The highest BCUT2D eigenvalue weighted by Crippen LogP contribution is 2.25. The lowest BCUT2D eigenvalue weighted by Gasteiger charge is -2.28. The van der Waals surface area contributed by atoms with Crippen molar-refractivity contribution in [2.45, 2.75) is 32.7 Å². The third-order valence-electron chi connectivity index (χ3n) is 4.30. The number of anilines is 1. The number of hydrogen-bond donors (Lipinski definition) is 1. The van der Waals surface area contributed by atoms with Gasteiger partial charge in [-0.1, -0.05) is 50.2 Å². The van der Waals surface area contributed by atoms with Gasteiger partial charge < -0.3 is 10.1 Å². The maximum atomic E-state index is 12.5. The number of benzene rings is 2. The summed E-state index contributed by atoms with van der Waals surface area (Å²) in [5, 5.41) is 2.75. The van der Waals surface area contributed by atoms with Crippen molar-refractivity contribution >= 4 is 21.6 Å². The van der Waals surface area contributed by atoms with Crippen molar-refractivity contribution in [3.63, 3.8) is 0 Å². The molecule has 1 amide bonds. The molecule has 0 heterocycles. The van der Waals surface area contributed by atoms with E-state index in [2.05, 4.69) is 19.2 Å². The Labute approximate surface area is 167 Å². The molecule has 7 heteroatoms.